The van der Waals surface area contributed by atoms with Crippen molar-refractivity contribution in [1.29, 1.82) is 0 Å². The average molecular weight is 1010 g/mol. The predicted molar refractivity (Wildman–Crippen MR) is 265 cm³/mol. The van der Waals surface area contributed by atoms with Gasteiger partial charge in [0.15, 0.2) is 0 Å². The number of aliphatic hydroxyl groups excluding tert-OH is 1. The standard InChI is InChI=1S/C49H64N14O10/c1-3-26(2)42(59-47(71)36(21-41(52)66)56-46(70)35(20-40(51)65)55-44(68)32(50)17-27-11-5-4-6-12-27)49(73)62-23-29(37-24-63(61-60-37)30-13-7-8-14-30)19-39(62)48(72)57-34(45(69)58-38(25-64)43(53)67)18-28-22-54-33-16-10-9-15-31(28)33/h4-7,9-16,22,24,26,29,32,34-36,38-39,42,54,60-61,64H,3,8,17-21,23,25,50H2,1-2H3,(H2,51,65)(H2,52,66)(H2,53,67)(H,55,68)(H,56,70)(H,57,72)(H,58,69)(H,59,71)/t26-,29?,32-,34-,35-,36-,38-,39-,42-/m0/s1. The molecule has 2 aliphatic heterocycles. The van der Waals surface area contributed by atoms with E-state index in [0.717, 1.165) is 28.6 Å². The van der Waals surface area contributed by atoms with Crippen molar-refractivity contribution in [3.8, 4) is 0 Å². The van der Waals surface area contributed by atoms with Crippen LogP contribution in [0.4, 0.5) is 0 Å². The maximum Gasteiger partial charge on any atom is 0.246 e. The van der Waals surface area contributed by atoms with E-state index in [-0.39, 0.29) is 25.8 Å². The quantitative estimate of drug-likeness (QED) is 0.0408. The lowest BCUT2D eigenvalue weighted by atomic mass is 9.96. The molecule has 17 N–H and O–H groups in total. The van der Waals surface area contributed by atoms with Gasteiger partial charge < -0.3 is 69.9 Å². The third-order valence-electron chi connectivity index (χ3n) is 13.0. The van der Waals surface area contributed by atoms with E-state index in [9.17, 15) is 43.5 Å². The van der Waals surface area contributed by atoms with Gasteiger partial charge in [-0.2, -0.15) is 0 Å². The summed E-state index contributed by atoms with van der Waals surface area (Å²) in [4.78, 5) is 126. The Hall–Kier alpha value is -8.09. The highest BCUT2D eigenvalue weighted by Gasteiger charge is 2.46. The van der Waals surface area contributed by atoms with E-state index in [4.69, 9.17) is 22.9 Å². The lowest BCUT2D eigenvalue weighted by Gasteiger charge is -2.33. The van der Waals surface area contributed by atoms with Crippen molar-refractivity contribution in [2.24, 2.45) is 34.8 Å². The van der Waals surface area contributed by atoms with Gasteiger partial charge in [-0.25, -0.2) is 0 Å². The molecule has 0 spiro atoms. The Morgan fingerprint density at radius 1 is 0.781 bits per heavy atom. The molecule has 1 fully saturated rings. The molecule has 1 saturated heterocycles. The highest BCUT2D eigenvalue weighted by atomic mass is 16.3. The van der Waals surface area contributed by atoms with Crippen molar-refractivity contribution in [3.05, 3.63) is 108 Å². The molecule has 6 rings (SSSR count). The monoisotopic (exact) mass is 1010 g/mol. The summed E-state index contributed by atoms with van der Waals surface area (Å²) in [6, 6.07) is 5.99. The maximum absolute atomic E-state index is 15.1. The van der Waals surface area contributed by atoms with Crippen LogP contribution in [0.1, 0.15) is 57.1 Å². The Morgan fingerprint density at radius 2 is 1.41 bits per heavy atom. The predicted octanol–water partition coefficient (Wildman–Crippen LogP) is -2.79. The van der Waals surface area contributed by atoms with Crippen molar-refractivity contribution >= 4 is 64.1 Å². The lowest BCUT2D eigenvalue weighted by Crippen LogP contribution is -2.61. The minimum Gasteiger partial charge on any atom is -0.394 e. The molecular weight excluding hydrogens is 945 g/mol. The zero-order chi connectivity index (χ0) is 52.9. The number of hydrazine groups is 2. The second kappa shape index (κ2) is 24.8. The molecule has 0 saturated carbocycles. The van der Waals surface area contributed by atoms with Gasteiger partial charge in [-0.05, 0) is 48.4 Å². The molecule has 3 heterocycles. The van der Waals surface area contributed by atoms with E-state index in [0.29, 0.717) is 17.7 Å². The number of carbonyl (C=O) groups excluding carboxylic acids is 9. The number of aromatic amines is 1. The van der Waals surface area contributed by atoms with Crippen LogP contribution in [0, 0.1) is 11.8 Å². The molecular formula is C49H64N14O10. The Bertz CT molecular complexity index is 2650. The van der Waals surface area contributed by atoms with Crippen LogP contribution in [0.5, 0.6) is 0 Å². The topological polar surface area (TPSA) is 384 Å². The Labute approximate surface area is 420 Å². The van der Waals surface area contributed by atoms with Crippen LogP contribution in [-0.4, -0.2) is 129 Å². The van der Waals surface area contributed by atoms with Crippen LogP contribution in [-0.2, 0) is 56.0 Å². The summed E-state index contributed by atoms with van der Waals surface area (Å²) in [6.45, 7) is 2.55. The van der Waals surface area contributed by atoms with Crippen LogP contribution >= 0.6 is 0 Å². The molecule has 3 aromatic rings. The van der Waals surface area contributed by atoms with Gasteiger partial charge in [0.05, 0.1) is 36.9 Å². The Morgan fingerprint density at radius 3 is 2.04 bits per heavy atom. The third-order valence-corrected chi connectivity index (χ3v) is 13.0. The fraction of sp³-hybridized carbons (Fsp3) is 0.408. The van der Waals surface area contributed by atoms with Gasteiger partial charge >= 0.3 is 0 Å². The average Bonchev–Trinajstić information content (AvgIpc) is 4.21. The van der Waals surface area contributed by atoms with E-state index < -0.39 is 127 Å². The van der Waals surface area contributed by atoms with Crippen molar-refractivity contribution in [2.45, 2.75) is 101 Å². The summed E-state index contributed by atoms with van der Waals surface area (Å²) < 4.78 is 0. The zero-order valence-corrected chi connectivity index (χ0v) is 40.5. The number of hydrogen-bond donors (Lipinski definition) is 13. The molecule has 0 radical (unpaired) electrons. The molecule has 3 aliphatic rings. The zero-order valence-electron chi connectivity index (χ0n) is 40.5. The Balaban J connectivity index is 1.27. The van der Waals surface area contributed by atoms with Crippen LogP contribution < -0.4 is 60.5 Å². The highest BCUT2D eigenvalue weighted by Crippen LogP contribution is 2.32. The number of nitrogens with two attached hydrogens (primary N) is 4. The number of allylic oxidation sites excluding steroid dienone is 3. The van der Waals surface area contributed by atoms with Crippen LogP contribution in [0.2, 0.25) is 0 Å². The number of aromatic nitrogens is 1. The van der Waals surface area contributed by atoms with Crippen molar-refractivity contribution in [3.63, 3.8) is 0 Å². The number of likely N-dealkylation sites (tertiary alicyclic amines) is 1. The number of nitrogens with zero attached hydrogens (tertiary/aromatic N) is 2. The second-order valence-electron chi connectivity index (χ2n) is 18.3. The number of para-hydroxylation sites is 1. The first-order chi connectivity index (χ1) is 34.9. The number of benzene rings is 2. The van der Waals surface area contributed by atoms with Gasteiger partial charge in [-0.3, -0.25) is 48.2 Å². The van der Waals surface area contributed by atoms with Gasteiger partial charge in [0.1, 0.15) is 36.3 Å². The van der Waals surface area contributed by atoms with Crippen molar-refractivity contribution < 1.29 is 48.3 Å². The molecule has 9 amide bonds. The first kappa shape index (κ1) is 54.2. The number of aliphatic hydroxyl groups is 1. The fourth-order valence-corrected chi connectivity index (χ4v) is 8.78. The van der Waals surface area contributed by atoms with Gasteiger partial charge in [-0.15, -0.1) is 5.53 Å². The maximum atomic E-state index is 15.1. The smallest absolute Gasteiger partial charge is 0.246 e. The van der Waals surface area contributed by atoms with Crippen LogP contribution in [0.25, 0.3) is 10.9 Å². The summed E-state index contributed by atoms with van der Waals surface area (Å²) in [5, 5.41) is 25.0. The van der Waals surface area contributed by atoms with Gasteiger partial charge in [0.2, 0.25) is 53.2 Å². The van der Waals surface area contributed by atoms with E-state index in [1.54, 1.807) is 67.7 Å². The van der Waals surface area contributed by atoms with Gasteiger partial charge in [0, 0.05) is 42.2 Å². The first-order valence-electron chi connectivity index (χ1n) is 23.9. The van der Waals surface area contributed by atoms with Gasteiger partial charge in [-0.1, -0.05) is 81.0 Å². The summed E-state index contributed by atoms with van der Waals surface area (Å²) in [5.74, 6) is -9.44. The minimum atomic E-state index is -1.74. The molecule has 390 valence electrons. The number of primary amides is 3. The highest BCUT2D eigenvalue weighted by molar-refractivity contribution is 6.00. The second-order valence-corrected chi connectivity index (χ2v) is 18.3. The normalized spacial score (nSPS) is 19.0. The molecule has 24 heteroatoms. The number of carbonyl (C=O) groups is 9. The number of H-pyrrole nitrogens is 1. The molecule has 0 bridgehead atoms. The van der Waals surface area contributed by atoms with E-state index >= 15 is 4.79 Å². The molecule has 1 aromatic heterocycles. The fourth-order valence-electron chi connectivity index (χ4n) is 8.78. The SMILES string of the molecule is CC[C@H](C)[C@H](NC(=O)[C@H](CC(N)=O)NC(=O)[C@H](CC(N)=O)NC(=O)[C@@H](N)Cc1ccccc1)C(=O)N1CC(C2=CN(C3=CCC=C3)NN2)C[C@H]1C(=O)N[C@@H](Cc1c[nH]c2ccccc12)C(=O)N[C@@H](CO)C(N)=O. The molecule has 2 aromatic carbocycles. The molecule has 73 heavy (non-hydrogen) atoms. The summed E-state index contributed by atoms with van der Waals surface area (Å²) in [7, 11) is 0. The van der Waals surface area contributed by atoms with Crippen molar-refractivity contribution in [1.82, 2.24) is 52.4 Å². The molecule has 1 unspecified atom stereocenters. The minimum absolute atomic E-state index is 0.0201. The number of rotatable bonds is 25. The largest absolute Gasteiger partial charge is 0.394 e. The summed E-state index contributed by atoms with van der Waals surface area (Å²) in [5.41, 5.74) is 32.3. The van der Waals surface area contributed by atoms with Crippen molar-refractivity contribution in [2.75, 3.05) is 13.2 Å². The van der Waals surface area contributed by atoms with Crippen LogP contribution in [0.3, 0.4) is 0 Å². The van der Waals surface area contributed by atoms with E-state index in [1.165, 1.54) is 4.90 Å². The molecule has 24 nitrogen and oxygen atoms in total. The summed E-state index contributed by atoms with van der Waals surface area (Å²) in [6.07, 6.45) is 8.87. The van der Waals surface area contributed by atoms with E-state index in [1.807, 2.05) is 36.4 Å². The van der Waals surface area contributed by atoms with E-state index in [2.05, 4.69) is 42.5 Å². The molecule has 9 atom stereocenters. The van der Waals surface area contributed by atoms with Crippen LogP contribution in [0.15, 0.2) is 96.6 Å². The number of hydrogen-bond acceptors (Lipinski definition) is 14. The number of fused-ring (bicyclic) bond motifs is 1. The third kappa shape index (κ3) is 14.1. The Kier molecular flexibility index (Phi) is 18.5. The molecule has 1 aliphatic carbocycles. The lowest BCUT2D eigenvalue weighted by molar-refractivity contribution is -0.144. The first-order valence-corrected chi connectivity index (χ1v) is 23.9. The number of amides is 9. The van der Waals surface area contributed by atoms with Gasteiger partial charge in [0.25, 0.3) is 0 Å². The number of nitrogens with one attached hydrogen (secondary N) is 8. The summed E-state index contributed by atoms with van der Waals surface area (Å²) >= 11 is 0.